The molecule has 142 valence electrons. The van der Waals surface area contributed by atoms with Crippen LogP contribution in [0.2, 0.25) is 5.02 Å². The predicted molar refractivity (Wildman–Crippen MR) is 97.6 cm³/mol. The van der Waals surface area contributed by atoms with E-state index < -0.39 is 17.5 Å². The quantitative estimate of drug-likeness (QED) is 0.677. The summed E-state index contributed by atoms with van der Waals surface area (Å²) in [4.78, 5) is 30.5. The van der Waals surface area contributed by atoms with Crippen molar-refractivity contribution < 1.29 is 18.5 Å². The summed E-state index contributed by atoms with van der Waals surface area (Å²) in [7, 11) is 0. The SMILES string of the molecule is CC1(c2ccc(Cl)cc2)NC(=O)N(Cc2nc(-c3ccc(F)cc3)no2)C1=O. The lowest BCUT2D eigenvalue weighted by Gasteiger charge is -2.22. The number of imide groups is 1. The zero-order chi connectivity index (χ0) is 19.9. The summed E-state index contributed by atoms with van der Waals surface area (Å²) >= 11 is 5.90. The van der Waals surface area contributed by atoms with Gasteiger partial charge in [-0.15, -0.1) is 0 Å². The molecule has 2 aromatic carbocycles. The van der Waals surface area contributed by atoms with Crippen LogP contribution in [0.3, 0.4) is 0 Å². The average molecular weight is 401 g/mol. The van der Waals surface area contributed by atoms with Crippen LogP contribution < -0.4 is 5.32 Å². The van der Waals surface area contributed by atoms with Crippen molar-refractivity contribution in [3.63, 3.8) is 0 Å². The van der Waals surface area contributed by atoms with Crippen LogP contribution in [0.4, 0.5) is 9.18 Å². The molecule has 3 amide bonds. The first-order chi connectivity index (χ1) is 13.4. The van der Waals surface area contributed by atoms with Crippen LogP contribution in [0.25, 0.3) is 11.4 Å². The highest BCUT2D eigenvalue weighted by Crippen LogP contribution is 2.30. The number of urea groups is 1. The molecular weight excluding hydrogens is 387 g/mol. The topological polar surface area (TPSA) is 88.3 Å². The second-order valence-electron chi connectivity index (χ2n) is 6.47. The Kier molecular flexibility index (Phi) is 4.35. The minimum absolute atomic E-state index is 0.0863. The molecule has 0 bridgehead atoms. The summed E-state index contributed by atoms with van der Waals surface area (Å²) in [6, 6.07) is 11.7. The minimum Gasteiger partial charge on any atom is -0.337 e. The highest BCUT2D eigenvalue weighted by atomic mass is 35.5. The van der Waals surface area contributed by atoms with Gasteiger partial charge < -0.3 is 9.84 Å². The maximum absolute atomic E-state index is 13.0. The second-order valence-corrected chi connectivity index (χ2v) is 6.91. The van der Waals surface area contributed by atoms with Gasteiger partial charge in [0.1, 0.15) is 17.9 Å². The van der Waals surface area contributed by atoms with Gasteiger partial charge in [0, 0.05) is 10.6 Å². The van der Waals surface area contributed by atoms with Crippen LogP contribution in [0.1, 0.15) is 18.4 Å². The molecular formula is C19H14ClFN4O3. The van der Waals surface area contributed by atoms with Crippen LogP contribution in [-0.4, -0.2) is 27.0 Å². The lowest BCUT2D eigenvalue weighted by Crippen LogP contribution is -2.40. The van der Waals surface area contributed by atoms with Gasteiger partial charge in [-0.05, 0) is 48.9 Å². The third kappa shape index (κ3) is 3.11. The summed E-state index contributed by atoms with van der Waals surface area (Å²) in [6.45, 7) is 1.44. The third-order valence-electron chi connectivity index (χ3n) is 4.56. The van der Waals surface area contributed by atoms with Crippen molar-refractivity contribution in [2.75, 3.05) is 0 Å². The third-order valence-corrected chi connectivity index (χ3v) is 4.81. The van der Waals surface area contributed by atoms with Crippen molar-refractivity contribution in [1.82, 2.24) is 20.4 Å². The van der Waals surface area contributed by atoms with Gasteiger partial charge >= 0.3 is 6.03 Å². The first-order valence-electron chi connectivity index (χ1n) is 8.35. The monoisotopic (exact) mass is 400 g/mol. The molecule has 1 aliphatic rings. The van der Waals surface area contributed by atoms with E-state index in [4.69, 9.17) is 16.1 Å². The minimum atomic E-state index is -1.22. The van der Waals surface area contributed by atoms with E-state index in [0.29, 0.717) is 16.1 Å². The summed E-state index contributed by atoms with van der Waals surface area (Å²) in [5.41, 5.74) is -0.0588. The summed E-state index contributed by atoms with van der Waals surface area (Å²) < 4.78 is 18.2. The first kappa shape index (κ1) is 18.1. The van der Waals surface area contributed by atoms with Crippen LogP contribution in [0.15, 0.2) is 53.1 Å². The Morgan fingerprint density at radius 3 is 2.50 bits per heavy atom. The van der Waals surface area contributed by atoms with Gasteiger partial charge in [-0.25, -0.2) is 9.18 Å². The molecule has 0 saturated carbocycles. The van der Waals surface area contributed by atoms with Crippen LogP contribution >= 0.6 is 11.6 Å². The Bertz CT molecular complexity index is 1050. The van der Waals surface area contributed by atoms with Crippen molar-refractivity contribution >= 4 is 23.5 Å². The number of hydrogen-bond acceptors (Lipinski definition) is 5. The van der Waals surface area contributed by atoms with Crippen LogP contribution in [-0.2, 0) is 16.9 Å². The van der Waals surface area contributed by atoms with E-state index in [1.807, 2.05) is 0 Å². The first-order valence-corrected chi connectivity index (χ1v) is 8.73. The molecule has 1 fully saturated rings. The van der Waals surface area contributed by atoms with Crippen molar-refractivity contribution in [3.8, 4) is 11.4 Å². The summed E-state index contributed by atoms with van der Waals surface area (Å²) in [6.07, 6.45) is 0. The number of carbonyl (C=O) groups excluding carboxylic acids is 2. The van der Waals surface area contributed by atoms with Gasteiger partial charge in [0.2, 0.25) is 11.7 Å². The van der Waals surface area contributed by atoms with E-state index in [9.17, 15) is 14.0 Å². The Morgan fingerprint density at radius 1 is 1.14 bits per heavy atom. The molecule has 1 atom stereocenters. The standard InChI is InChI=1S/C19H14ClFN4O3/c1-19(12-4-6-13(20)7-5-12)17(26)25(18(27)23-19)10-15-22-16(24-28-15)11-2-8-14(21)9-3-11/h2-9H,10H2,1H3,(H,23,27). The fourth-order valence-corrected chi connectivity index (χ4v) is 3.12. The molecule has 1 saturated heterocycles. The molecule has 4 rings (SSSR count). The van der Waals surface area contributed by atoms with E-state index in [-0.39, 0.29) is 24.1 Å². The number of nitrogens with zero attached hydrogens (tertiary/aromatic N) is 3. The zero-order valence-electron chi connectivity index (χ0n) is 14.6. The predicted octanol–water partition coefficient (Wildman–Crippen LogP) is 3.50. The number of amides is 3. The van der Waals surface area contributed by atoms with Crippen LogP contribution in [0.5, 0.6) is 0 Å². The van der Waals surface area contributed by atoms with Crippen molar-refractivity contribution in [1.29, 1.82) is 0 Å². The van der Waals surface area contributed by atoms with Gasteiger partial charge in [-0.2, -0.15) is 4.98 Å². The number of rotatable bonds is 4. The summed E-state index contributed by atoms with van der Waals surface area (Å²) in [5, 5.41) is 7.04. The molecule has 1 N–H and O–H groups in total. The van der Waals surface area contributed by atoms with Gasteiger partial charge in [0.25, 0.3) is 5.91 Å². The van der Waals surface area contributed by atoms with Gasteiger partial charge in [-0.1, -0.05) is 28.9 Å². The van der Waals surface area contributed by atoms with Crippen molar-refractivity contribution in [3.05, 3.63) is 70.8 Å². The molecule has 9 heteroatoms. The Morgan fingerprint density at radius 2 is 1.82 bits per heavy atom. The highest BCUT2D eigenvalue weighted by molar-refractivity contribution is 6.30. The Labute approximate surface area is 164 Å². The number of hydrogen-bond donors (Lipinski definition) is 1. The largest absolute Gasteiger partial charge is 0.337 e. The maximum atomic E-state index is 13.0. The number of benzene rings is 2. The molecule has 1 aliphatic heterocycles. The van der Waals surface area contributed by atoms with Crippen LogP contribution in [0, 0.1) is 5.82 Å². The van der Waals surface area contributed by atoms with Gasteiger partial charge in [-0.3, -0.25) is 9.69 Å². The average Bonchev–Trinajstić information content (AvgIpc) is 3.22. The molecule has 1 unspecified atom stereocenters. The Hall–Kier alpha value is -3.26. The smallest absolute Gasteiger partial charge is 0.325 e. The van der Waals surface area contributed by atoms with E-state index in [1.165, 1.54) is 24.3 Å². The number of carbonyl (C=O) groups is 2. The molecule has 2 heterocycles. The second kappa shape index (κ2) is 6.72. The molecule has 3 aromatic rings. The number of halogens is 2. The van der Waals surface area contributed by atoms with Crippen molar-refractivity contribution in [2.45, 2.75) is 19.0 Å². The molecule has 0 spiro atoms. The van der Waals surface area contributed by atoms with Gasteiger partial charge in [0.15, 0.2) is 0 Å². The molecule has 7 nitrogen and oxygen atoms in total. The Balaban J connectivity index is 1.55. The fourth-order valence-electron chi connectivity index (χ4n) is 2.99. The van der Waals surface area contributed by atoms with E-state index in [0.717, 1.165) is 4.90 Å². The molecule has 0 aliphatic carbocycles. The van der Waals surface area contributed by atoms with E-state index in [1.54, 1.807) is 31.2 Å². The summed E-state index contributed by atoms with van der Waals surface area (Å²) in [5.74, 6) is -0.500. The maximum Gasteiger partial charge on any atom is 0.325 e. The zero-order valence-corrected chi connectivity index (χ0v) is 15.4. The highest BCUT2D eigenvalue weighted by Gasteiger charge is 2.49. The van der Waals surface area contributed by atoms with E-state index >= 15 is 0 Å². The number of aromatic nitrogens is 2. The lowest BCUT2D eigenvalue weighted by atomic mass is 9.92. The molecule has 0 radical (unpaired) electrons. The lowest BCUT2D eigenvalue weighted by molar-refractivity contribution is -0.131. The van der Waals surface area contributed by atoms with E-state index in [2.05, 4.69) is 15.5 Å². The number of nitrogens with one attached hydrogen (secondary N) is 1. The molecule has 28 heavy (non-hydrogen) atoms. The molecule has 1 aromatic heterocycles. The normalized spacial score (nSPS) is 19.2. The van der Waals surface area contributed by atoms with Crippen molar-refractivity contribution in [2.24, 2.45) is 0 Å². The fraction of sp³-hybridized carbons (Fsp3) is 0.158. The van der Waals surface area contributed by atoms with Gasteiger partial charge in [0.05, 0.1) is 0 Å².